The van der Waals surface area contributed by atoms with E-state index < -0.39 is 5.92 Å². The van der Waals surface area contributed by atoms with Crippen LogP contribution in [0.5, 0.6) is 0 Å². The first-order valence-electron chi connectivity index (χ1n) is 12.0. The van der Waals surface area contributed by atoms with Crippen LogP contribution in [0.4, 0.5) is 34.5 Å². The Morgan fingerprint density at radius 3 is 2.30 bits per heavy atom. The molecule has 0 bridgehead atoms. The van der Waals surface area contributed by atoms with Crippen LogP contribution in [0.25, 0.3) is 0 Å². The molecule has 0 aliphatic carbocycles. The number of hydrogen-bond acceptors (Lipinski definition) is 7. The summed E-state index contributed by atoms with van der Waals surface area (Å²) in [6, 6.07) is 22.5. The number of aromatic nitrogens is 3. The lowest BCUT2D eigenvalue weighted by molar-refractivity contribution is -0.122. The van der Waals surface area contributed by atoms with Crippen molar-refractivity contribution in [2.24, 2.45) is 5.92 Å². The molecule has 186 valence electrons. The molecule has 1 saturated heterocycles. The Balaban J connectivity index is 1.20. The highest BCUT2D eigenvalue weighted by Crippen LogP contribution is 2.26. The minimum absolute atomic E-state index is 0.0434. The van der Waals surface area contributed by atoms with E-state index in [4.69, 9.17) is 0 Å². The maximum absolute atomic E-state index is 12.8. The molecule has 2 amide bonds. The fourth-order valence-corrected chi connectivity index (χ4v) is 4.20. The number of amides is 2. The van der Waals surface area contributed by atoms with E-state index in [0.29, 0.717) is 35.5 Å². The molecule has 1 unspecified atom stereocenters. The zero-order chi connectivity index (χ0) is 25.8. The van der Waals surface area contributed by atoms with Crippen LogP contribution < -0.4 is 20.9 Å². The highest BCUT2D eigenvalue weighted by atomic mass is 16.2. The molecule has 0 saturated carbocycles. The summed E-state index contributed by atoms with van der Waals surface area (Å²) in [7, 11) is 0. The fraction of sp³-hybridized carbons (Fsp3) is 0.179. The summed E-state index contributed by atoms with van der Waals surface area (Å²) < 4.78 is 0. The average Bonchev–Trinajstić information content (AvgIpc) is 3.27. The lowest BCUT2D eigenvalue weighted by atomic mass is 10.1. The first-order valence-corrected chi connectivity index (χ1v) is 12.0. The molecule has 1 fully saturated rings. The second kappa shape index (κ2) is 10.4. The van der Waals surface area contributed by atoms with Gasteiger partial charge in [0.15, 0.2) is 0 Å². The molecule has 5 rings (SSSR count). The normalized spacial score (nSPS) is 14.9. The summed E-state index contributed by atoms with van der Waals surface area (Å²) in [5.41, 5.74) is 3.38. The van der Waals surface area contributed by atoms with Gasteiger partial charge in [0.2, 0.25) is 11.8 Å². The van der Waals surface area contributed by atoms with Crippen molar-refractivity contribution in [1.29, 1.82) is 0 Å². The summed E-state index contributed by atoms with van der Waals surface area (Å²) in [6.07, 6.45) is 1.94. The topological polar surface area (TPSA) is 112 Å². The number of rotatable bonds is 7. The third-order valence-electron chi connectivity index (χ3n) is 6.00. The zero-order valence-corrected chi connectivity index (χ0v) is 20.6. The van der Waals surface area contributed by atoms with Crippen LogP contribution in [0, 0.1) is 19.8 Å². The number of carbonyl (C=O) groups excluding carboxylic acids is 2. The van der Waals surface area contributed by atoms with Crippen LogP contribution in [0.3, 0.4) is 0 Å². The fourth-order valence-electron chi connectivity index (χ4n) is 4.20. The molecule has 3 N–H and O–H groups in total. The monoisotopic (exact) mass is 493 g/mol. The Labute approximate surface area is 215 Å². The largest absolute Gasteiger partial charge is 0.340 e. The Kier molecular flexibility index (Phi) is 6.76. The number of anilines is 6. The minimum atomic E-state index is -0.400. The zero-order valence-electron chi connectivity index (χ0n) is 20.6. The van der Waals surface area contributed by atoms with E-state index in [1.165, 1.54) is 0 Å². The molecule has 3 heterocycles. The predicted octanol–water partition coefficient (Wildman–Crippen LogP) is 4.97. The van der Waals surface area contributed by atoms with E-state index in [1.54, 1.807) is 11.1 Å². The third-order valence-corrected chi connectivity index (χ3v) is 6.00. The van der Waals surface area contributed by atoms with Crippen molar-refractivity contribution in [1.82, 2.24) is 15.0 Å². The number of benzene rings is 2. The van der Waals surface area contributed by atoms with Crippen LogP contribution in [0.1, 0.15) is 17.8 Å². The van der Waals surface area contributed by atoms with Crippen LogP contribution in [0.2, 0.25) is 0 Å². The minimum Gasteiger partial charge on any atom is -0.340 e. The van der Waals surface area contributed by atoms with Crippen molar-refractivity contribution < 1.29 is 9.59 Å². The van der Waals surface area contributed by atoms with E-state index in [1.807, 2.05) is 86.6 Å². The van der Waals surface area contributed by atoms with Crippen molar-refractivity contribution in [3.05, 3.63) is 90.4 Å². The molecule has 9 heteroatoms. The molecule has 4 aromatic rings. The van der Waals surface area contributed by atoms with E-state index >= 15 is 0 Å². The quantitative estimate of drug-likeness (QED) is 0.333. The molecule has 2 aromatic carbocycles. The van der Waals surface area contributed by atoms with Gasteiger partial charge in [0.05, 0.1) is 5.92 Å². The number of hydrogen-bond donors (Lipinski definition) is 3. The van der Waals surface area contributed by atoms with Crippen molar-refractivity contribution in [3.8, 4) is 0 Å². The van der Waals surface area contributed by atoms with Crippen LogP contribution in [0.15, 0.2) is 79.0 Å². The average molecular weight is 494 g/mol. The van der Waals surface area contributed by atoms with Crippen LogP contribution >= 0.6 is 0 Å². The molecule has 37 heavy (non-hydrogen) atoms. The van der Waals surface area contributed by atoms with Crippen molar-refractivity contribution in [2.45, 2.75) is 20.3 Å². The summed E-state index contributed by atoms with van der Waals surface area (Å²) in [6.45, 7) is 4.20. The van der Waals surface area contributed by atoms with Gasteiger partial charge in [0.1, 0.15) is 23.3 Å². The number of pyridine rings is 1. The van der Waals surface area contributed by atoms with Gasteiger partial charge in [-0.05, 0) is 67.9 Å². The summed E-state index contributed by atoms with van der Waals surface area (Å²) in [5, 5.41) is 9.41. The standard InChI is InChI=1S/C28H27N7O2/c1-18-12-13-29-24(14-18)34-26-16-25(30-19(2)31-26)32-21-8-10-22(11-9-21)33-28(37)20-15-27(36)35(17-20)23-6-4-3-5-7-23/h3-14,16,20H,15,17H2,1-2H3,(H,33,37)(H2,29,30,31,32,34). The van der Waals surface area contributed by atoms with E-state index in [-0.39, 0.29) is 18.2 Å². The summed E-state index contributed by atoms with van der Waals surface area (Å²) in [4.78, 5) is 40.2. The van der Waals surface area contributed by atoms with Gasteiger partial charge in [-0.15, -0.1) is 0 Å². The second-order valence-corrected chi connectivity index (χ2v) is 8.96. The second-order valence-electron chi connectivity index (χ2n) is 8.96. The number of aryl methyl sites for hydroxylation is 2. The predicted molar refractivity (Wildman–Crippen MR) is 144 cm³/mol. The van der Waals surface area contributed by atoms with Crippen LogP contribution in [-0.4, -0.2) is 33.3 Å². The van der Waals surface area contributed by atoms with Gasteiger partial charge < -0.3 is 20.9 Å². The summed E-state index contributed by atoms with van der Waals surface area (Å²) >= 11 is 0. The number of nitrogens with one attached hydrogen (secondary N) is 3. The maximum atomic E-state index is 12.8. The molecular formula is C28H27N7O2. The molecule has 2 aromatic heterocycles. The third kappa shape index (κ3) is 5.90. The van der Waals surface area contributed by atoms with Gasteiger partial charge in [-0.25, -0.2) is 15.0 Å². The Hall–Kier alpha value is -4.79. The van der Waals surface area contributed by atoms with Crippen molar-refractivity contribution in [3.63, 3.8) is 0 Å². The SMILES string of the molecule is Cc1ccnc(Nc2cc(Nc3ccc(NC(=O)C4CC(=O)N(c5ccccc5)C4)cc3)nc(C)n2)c1. The van der Waals surface area contributed by atoms with Crippen LogP contribution in [-0.2, 0) is 9.59 Å². The lowest BCUT2D eigenvalue weighted by Crippen LogP contribution is -2.28. The molecule has 1 aliphatic rings. The summed E-state index contributed by atoms with van der Waals surface area (Å²) in [5.74, 6) is 1.97. The van der Waals surface area contributed by atoms with Gasteiger partial charge >= 0.3 is 0 Å². The van der Waals surface area contributed by atoms with E-state index in [9.17, 15) is 9.59 Å². The highest BCUT2D eigenvalue weighted by Gasteiger charge is 2.35. The van der Waals surface area contributed by atoms with Gasteiger partial charge in [-0.1, -0.05) is 18.2 Å². The molecule has 1 atom stereocenters. The number of para-hydroxylation sites is 1. The van der Waals surface area contributed by atoms with Gasteiger partial charge in [0.25, 0.3) is 0 Å². The molecular weight excluding hydrogens is 466 g/mol. The first kappa shape index (κ1) is 23.9. The van der Waals surface area contributed by atoms with Crippen molar-refractivity contribution in [2.75, 3.05) is 27.4 Å². The van der Waals surface area contributed by atoms with Gasteiger partial charge in [-0.3, -0.25) is 9.59 Å². The van der Waals surface area contributed by atoms with Gasteiger partial charge in [-0.2, -0.15) is 0 Å². The lowest BCUT2D eigenvalue weighted by Gasteiger charge is -2.16. The van der Waals surface area contributed by atoms with E-state index in [0.717, 1.165) is 16.9 Å². The number of nitrogens with zero attached hydrogens (tertiary/aromatic N) is 4. The maximum Gasteiger partial charge on any atom is 0.229 e. The Morgan fingerprint density at radius 2 is 1.57 bits per heavy atom. The number of carbonyl (C=O) groups is 2. The first-order chi connectivity index (χ1) is 17.9. The van der Waals surface area contributed by atoms with Gasteiger partial charge in [0, 0.05) is 42.3 Å². The van der Waals surface area contributed by atoms with Crippen molar-refractivity contribution >= 4 is 46.3 Å². The molecule has 1 aliphatic heterocycles. The molecule has 0 spiro atoms. The Morgan fingerprint density at radius 1 is 0.865 bits per heavy atom. The Bertz CT molecular complexity index is 1420. The van der Waals surface area contributed by atoms with E-state index in [2.05, 4.69) is 30.9 Å². The smallest absolute Gasteiger partial charge is 0.229 e. The highest BCUT2D eigenvalue weighted by molar-refractivity contribution is 6.03. The molecule has 9 nitrogen and oxygen atoms in total. The molecule has 0 radical (unpaired) electrons.